The van der Waals surface area contributed by atoms with Gasteiger partial charge in [0.1, 0.15) is 0 Å². The van der Waals surface area contributed by atoms with Gasteiger partial charge in [0.2, 0.25) is 0 Å². The van der Waals surface area contributed by atoms with Gasteiger partial charge in [-0.15, -0.1) is 6.58 Å². The first-order chi connectivity index (χ1) is 6.86. The van der Waals surface area contributed by atoms with Crippen LogP contribution >= 0.6 is 0 Å². The van der Waals surface area contributed by atoms with Crippen LogP contribution in [-0.2, 0) is 5.41 Å². The van der Waals surface area contributed by atoms with Crippen LogP contribution in [0.1, 0.15) is 44.4 Å². The van der Waals surface area contributed by atoms with E-state index in [-0.39, 0.29) is 5.41 Å². The molecule has 1 aromatic carbocycles. The lowest BCUT2D eigenvalue weighted by Gasteiger charge is -2.22. The number of hydrogen-bond donors (Lipinski definition) is 0. The molecule has 0 saturated heterocycles. The Morgan fingerprint density at radius 3 is 2.27 bits per heavy atom. The molecule has 1 radical (unpaired) electrons. The maximum absolute atomic E-state index is 3.80. The van der Waals surface area contributed by atoms with Crippen LogP contribution in [0.4, 0.5) is 0 Å². The first-order valence-corrected chi connectivity index (χ1v) is 5.43. The van der Waals surface area contributed by atoms with Crippen molar-refractivity contribution in [2.24, 2.45) is 0 Å². The third-order valence-corrected chi connectivity index (χ3v) is 2.80. The summed E-state index contributed by atoms with van der Waals surface area (Å²) in [5.41, 5.74) is 4.28. The lowest BCUT2D eigenvalue weighted by atomic mass is 9.82. The highest BCUT2D eigenvalue weighted by atomic mass is 14.2. The zero-order valence-electron chi connectivity index (χ0n) is 10.5. The molecule has 0 aromatic heterocycles. The Morgan fingerprint density at radius 1 is 1.27 bits per heavy atom. The van der Waals surface area contributed by atoms with Crippen LogP contribution in [0.3, 0.4) is 0 Å². The molecule has 15 heavy (non-hydrogen) atoms. The molecule has 0 nitrogen and oxygen atoms in total. The van der Waals surface area contributed by atoms with Crippen LogP contribution in [-0.4, -0.2) is 0 Å². The number of rotatable bonds is 2. The SMILES string of the molecule is C=C[C](C)c1ccc(C(C)(C)C)c(C)c1. The highest BCUT2D eigenvalue weighted by Gasteiger charge is 2.16. The predicted octanol–water partition coefficient (Wildman–Crippen LogP) is 4.42. The molecule has 0 bridgehead atoms. The van der Waals surface area contributed by atoms with Crippen molar-refractivity contribution in [1.82, 2.24) is 0 Å². The van der Waals surface area contributed by atoms with Crippen molar-refractivity contribution in [2.75, 3.05) is 0 Å². The van der Waals surface area contributed by atoms with E-state index < -0.39 is 0 Å². The lowest BCUT2D eigenvalue weighted by molar-refractivity contribution is 0.586. The van der Waals surface area contributed by atoms with Crippen molar-refractivity contribution in [1.29, 1.82) is 0 Å². The summed E-state index contributed by atoms with van der Waals surface area (Å²) in [6.45, 7) is 14.8. The molecule has 81 valence electrons. The van der Waals surface area contributed by atoms with E-state index in [0.717, 1.165) is 0 Å². The summed E-state index contributed by atoms with van der Waals surface area (Å²) in [5.74, 6) is 1.23. The zero-order valence-corrected chi connectivity index (χ0v) is 10.5. The van der Waals surface area contributed by atoms with Crippen molar-refractivity contribution in [3.63, 3.8) is 0 Å². The minimum Gasteiger partial charge on any atom is -0.102 e. The molecule has 0 aliphatic heterocycles. The van der Waals surface area contributed by atoms with E-state index in [4.69, 9.17) is 0 Å². The van der Waals surface area contributed by atoms with Crippen LogP contribution in [0, 0.1) is 12.8 Å². The summed E-state index contributed by atoms with van der Waals surface area (Å²) in [6, 6.07) is 6.67. The molecule has 0 atom stereocenters. The van der Waals surface area contributed by atoms with Crippen molar-refractivity contribution < 1.29 is 0 Å². The average Bonchev–Trinajstić information content (AvgIpc) is 2.14. The topological polar surface area (TPSA) is 0 Å². The molecule has 0 amide bonds. The fourth-order valence-corrected chi connectivity index (χ4v) is 1.87. The molecule has 0 N–H and O–H groups in total. The van der Waals surface area contributed by atoms with Crippen molar-refractivity contribution >= 4 is 0 Å². The Balaban J connectivity index is 3.14. The summed E-state index contributed by atoms with van der Waals surface area (Å²) in [6.07, 6.45) is 1.91. The molecule has 0 aliphatic carbocycles. The number of hydrogen-bond acceptors (Lipinski definition) is 0. The Morgan fingerprint density at radius 2 is 1.87 bits per heavy atom. The van der Waals surface area contributed by atoms with Crippen LogP contribution < -0.4 is 0 Å². The van der Waals surface area contributed by atoms with E-state index >= 15 is 0 Å². The molecule has 0 aliphatic rings. The largest absolute Gasteiger partial charge is 0.102 e. The quantitative estimate of drug-likeness (QED) is 0.664. The minimum atomic E-state index is 0.227. The second-order valence-corrected chi connectivity index (χ2v) is 5.17. The Bertz CT molecular complexity index is 353. The highest BCUT2D eigenvalue weighted by Crippen LogP contribution is 2.28. The number of allylic oxidation sites excluding steroid dienone is 1. The van der Waals surface area contributed by atoms with Crippen molar-refractivity contribution in [3.05, 3.63) is 53.5 Å². The fourth-order valence-electron chi connectivity index (χ4n) is 1.87. The van der Waals surface area contributed by atoms with Gasteiger partial charge in [-0.1, -0.05) is 52.0 Å². The van der Waals surface area contributed by atoms with Gasteiger partial charge in [-0.05, 0) is 29.0 Å². The Kier molecular flexibility index (Phi) is 3.38. The van der Waals surface area contributed by atoms with E-state index in [1.54, 1.807) is 0 Å². The van der Waals surface area contributed by atoms with Crippen LogP contribution in [0.25, 0.3) is 0 Å². The number of aryl methyl sites for hydroxylation is 1. The van der Waals surface area contributed by atoms with Crippen molar-refractivity contribution in [2.45, 2.75) is 40.0 Å². The summed E-state index contributed by atoms with van der Waals surface area (Å²) in [4.78, 5) is 0. The second kappa shape index (κ2) is 4.22. The van der Waals surface area contributed by atoms with Gasteiger partial charge in [0.25, 0.3) is 0 Å². The minimum absolute atomic E-state index is 0.227. The normalized spacial score (nSPS) is 11.9. The molecular weight excluding hydrogens is 180 g/mol. The molecule has 1 aromatic rings. The maximum Gasteiger partial charge on any atom is 0.0230 e. The molecule has 0 saturated carbocycles. The van der Waals surface area contributed by atoms with Gasteiger partial charge in [-0.3, -0.25) is 0 Å². The monoisotopic (exact) mass is 201 g/mol. The Labute approximate surface area is 94.0 Å². The standard InChI is InChI=1S/C15H21/c1-7-11(2)13-8-9-14(12(3)10-13)15(4,5)6/h7-10H,1H2,2-6H3. The van der Waals surface area contributed by atoms with Crippen LogP contribution in [0.2, 0.25) is 0 Å². The molecule has 0 heterocycles. The van der Waals surface area contributed by atoms with E-state index in [2.05, 4.69) is 59.4 Å². The first kappa shape index (κ1) is 12.0. The smallest absolute Gasteiger partial charge is 0.0230 e. The molecular formula is C15H21. The van der Waals surface area contributed by atoms with Gasteiger partial charge in [-0.25, -0.2) is 0 Å². The van der Waals surface area contributed by atoms with Gasteiger partial charge < -0.3 is 0 Å². The molecule has 0 fully saturated rings. The number of benzene rings is 1. The van der Waals surface area contributed by atoms with Gasteiger partial charge in [0, 0.05) is 5.92 Å². The zero-order chi connectivity index (χ0) is 11.6. The summed E-state index contributed by atoms with van der Waals surface area (Å²) in [5, 5.41) is 0. The summed E-state index contributed by atoms with van der Waals surface area (Å²) < 4.78 is 0. The molecule has 0 heteroatoms. The second-order valence-electron chi connectivity index (χ2n) is 5.17. The predicted molar refractivity (Wildman–Crippen MR) is 68.1 cm³/mol. The van der Waals surface area contributed by atoms with E-state index in [0.29, 0.717) is 0 Å². The van der Waals surface area contributed by atoms with Crippen molar-refractivity contribution in [3.8, 4) is 0 Å². The third-order valence-electron chi connectivity index (χ3n) is 2.80. The lowest BCUT2D eigenvalue weighted by Crippen LogP contribution is -2.13. The fraction of sp³-hybridized carbons (Fsp3) is 0.400. The van der Waals surface area contributed by atoms with Gasteiger partial charge in [0.05, 0.1) is 0 Å². The van der Waals surface area contributed by atoms with E-state index in [1.807, 2.05) is 6.08 Å². The molecule has 1 rings (SSSR count). The average molecular weight is 201 g/mol. The molecule has 0 spiro atoms. The maximum atomic E-state index is 3.80. The van der Waals surface area contributed by atoms with Gasteiger partial charge in [0.15, 0.2) is 0 Å². The van der Waals surface area contributed by atoms with Gasteiger partial charge in [-0.2, -0.15) is 0 Å². The third kappa shape index (κ3) is 2.71. The highest BCUT2D eigenvalue weighted by molar-refractivity contribution is 5.42. The summed E-state index contributed by atoms with van der Waals surface area (Å²) in [7, 11) is 0. The first-order valence-electron chi connectivity index (χ1n) is 5.43. The van der Waals surface area contributed by atoms with Crippen LogP contribution in [0.5, 0.6) is 0 Å². The van der Waals surface area contributed by atoms with E-state index in [1.165, 1.54) is 22.6 Å². The van der Waals surface area contributed by atoms with Gasteiger partial charge >= 0.3 is 0 Å². The van der Waals surface area contributed by atoms with E-state index in [9.17, 15) is 0 Å². The Hall–Kier alpha value is -1.04. The summed E-state index contributed by atoms with van der Waals surface area (Å²) >= 11 is 0. The molecule has 0 unspecified atom stereocenters. The van der Waals surface area contributed by atoms with Crippen LogP contribution in [0.15, 0.2) is 30.9 Å².